The van der Waals surface area contributed by atoms with Crippen molar-refractivity contribution < 1.29 is 19.5 Å². The highest BCUT2D eigenvalue weighted by atomic mass is 35.5. The first-order valence-electron chi connectivity index (χ1n) is 12.9. The Kier molecular flexibility index (Phi) is 8.71. The van der Waals surface area contributed by atoms with E-state index < -0.39 is 11.9 Å². The van der Waals surface area contributed by atoms with Crippen LogP contribution in [0.4, 0.5) is 5.69 Å². The van der Waals surface area contributed by atoms with Crippen LogP contribution in [0.25, 0.3) is 10.4 Å². The number of hydrogen-bond acceptors (Lipinski definition) is 4. The van der Waals surface area contributed by atoms with Gasteiger partial charge in [-0.15, -0.1) is 11.3 Å². The number of nitrogens with zero attached hydrogens (tertiary/aromatic N) is 2. The number of likely N-dealkylation sites (tertiary alicyclic amines) is 1. The van der Waals surface area contributed by atoms with Crippen molar-refractivity contribution in [2.24, 2.45) is 0 Å². The number of carboxylic acid groups (broad SMARTS) is 1. The van der Waals surface area contributed by atoms with Gasteiger partial charge in [-0.05, 0) is 67.3 Å². The molecule has 0 saturated carbocycles. The summed E-state index contributed by atoms with van der Waals surface area (Å²) in [5.74, 6) is -1.74. The number of hydrogen-bond donors (Lipinski definition) is 1. The predicted octanol–water partition coefficient (Wildman–Crippen LogP) is 8.33. The number of rotatable bonds is 6. The van der Waals surface area contributed by atoms with E-state index >= 15 is 0 Å². The van der Waals surface area contributed by atoms with Gasteiger partial charge in [0.1, 0.15) is 4.88 Å². The Balaban J connectivity index is 1.51. The molecule has 0 unspecified atom stereocenters. The molecule has 41 heavy (non-hydrogen) atoms. The van der Waals surface area contributed by atoms with E-state index in [9.17, 15) is 19.5 Å². The zero-order chi connectivity index (χ0) is 29.3. The Morgan fingerprint density at radius 1 is 0.878 bits per heavy atom. The monoisotopic (exact) mass is 626 g/mol. The highest BCUT2D eigenvalue weighted by Gasteiger charge is 2.36. The minimum absolute atomic E-state index is 0.0484. The van der Waals surface area contributed by atoms with Gasteiger partial charge in [-0.3, -0.25) is 9.59 Å². The average molecular weight is 628 g/mol. The minimum Gasteiger partial charge on any atom is -0.477 e. The molecule has 3 aromatic carbocycles. The molecule has 2 amide bonds. The summed E-state index contributed by atoms with van der Waals surface area (Å²) in [6.07, 6.45) is 0.865. The largest absolute Gasteiger partial charge is 0.477 e. The van der Waals surface area contributed by atoms with Crippen molar-refractivity contribution in [1.82, 2.24) is 4.90 Å². The number of carbonyl (C=O) groups is 3. The van der Waals surface area contributed by atoms with E-state index in [1.165, 1.54) is 11.0 Å². The van der Waals surface area contributed by atoms with Gasteiger partial charge in [0, 0.05) is 29.0 Å². The topological polar surface area (TPSA) is 77.9 Å². The number of carboxylic acids is 1. The maximum Gasteiger partial charge on any atom is 0.348 e. The molecule has 0 radical (unpaired) electrons. The molecule has 6 nitrogen and oxygen atoms in total. The van der Waals surface area contributed by atoms with Crippen molar-refractivity contribution >= 4 is 69.6 Å². The Morgan fingerprint density at radius 2 is 1.54 bits per heavy atom. The first-order chi connectivity index (χ1) is 19.6. The van der Waals surface area contributed by atoms with Crippen LogP contribution in [-0.4, -0.2) is 46.9 Å². The lowest BCUT2D eigenvalue weighted by molar-refractivity contribution is 0.0700. The molecular weight excluding hydrogens is 603 g/mol. The van der Waals surface area contributed by atoms with E-state index in [-0.39, 0.29) is 27.4 Å². The van der Waals surface area contributed by atoms with Crippen LogP contribution in [0.15, 0.2) is 72.8 Å². The number of thiophene rings is 1. The van der Waals surface area contributed by atoms with Gasteiger partial charge >= 0.3 is 5.97 Å². The zero-order valence-corrected chi connectivity index (χ0v) is 25.0. The summed E-state index contributed by atoms with van der Waals surface area (Å²) < 4.78 is 0. The van der Waals surface area contributed by atoms with E-state index in [2.05, 4.69) is 0 Å². The van der Waals surface area contributed by atoms with Crippen LogP contribution in [0.2, 0.25) is 15.1 Å². The molecule has 2 heterocycles. The lowest BCUT2D eigenvalue weighted by Crippen LogP contribution is -2.49. The Bertz CT molecular complexity index is 1630. The summed E-state index contributed by atoms with van der Waals surface area (Å²) in [5.41, 5.74) is 2.74. The number of amides is 2. The van der Waals surface area contributed by atoms with Crippen molar-refractivity contribution in [3.05, 3.63) is 109 Å². The van der Waals surface area contributed by atoms with Crippen LogP contribution in [0.1, 0.15) is 48.8 Å². The number of halogens is 3. The molecule has 210 valence electrons. The molecule has 1 saturated heterocycles. The van der Waals surface area contributed by atoms with Crippen LogP contribution in [-0.2, 0) is 0 Å². The van der Waals surface area contributed by atoms with Crippen molar-refractivity contribution in [1.29, 1.82) is 0 Å². The zero-order valence-electron chi connectivity index (χ0n) is 21.9. The maximum absolute atomic E-state index is 14.1. The minimum atomic E-state index is -1.13. The molecule has 1 aliphatic rings. The van der Waals surface area contributed by atoms with Crippen LogP contribution >= 0.6 is 46.1 Å². The van der Waals surface area contributed by atoms with Gasteiger partial charge in [0.05, 0.1) is 26.9 Å². The number of benzene rings is 3. The molecule has 1 N–H and O–H groups in total. The number of aryl methyl sites for hydroxylation is 1. The highest BCUT2D eigenvalue weighted by Crippen LogP contribution is 2.40. The van der Waals surface area contributed by atoms with E-state index in [0.717, 1.165) is 27.3 Å². The summed E-state index contributed by atoms with van der Waals surface area (Å²) in [7, 11) is 0. The van der Waals surface area contributed by atoms with Gasteiger partial charge in [-0.2, -0.15) is 0 Å². The predicted molar refractivity (Wildman–Crippen MR) is 165 cm³/mol. The summed E-state index contributed by atoms with van der Waals surface area (Å²) in [5, 5.41) is 11.1. The third-order valence-corrected chi connectivity index (χ3v) is 9.10. The van der Waals surface area contributed by atoms with Gasteiger partial charge in [0.25, 0.3) is 11.8 Å². The Morgan fingerprint density at radius 3 is 2.17 bits per heavy atom. The molecule has 5 rings (SSSR count). The van der Waals surface area contributed by atoms with Crippen LogP contribution < -0.4 is 4.90 Å². The summed E-state index contributed by atoms with van der Waals surface area (Å²) in [6, 6.07) is 20.7. The Hall–Kier alpha value is -3.36. The Labute approximate surface area is 256 Å². The second kappa shape index (κ2) is 12.2. The summed E-state index contributed by atoms with van der Waals surface area (Å²) in [4.78, 5) is 43.8. The van der Waals surface area contributed by atoms with Gasteiger partial charge < -0.3 is 14.9 Å². The van der Waals surface area contributed by atoms with E-state index in [1.54, 1.807) is 35.2 Å². The first-order valence-corrected chi connectivity index (χ1v) is 14.9. The number of aromatic carboxylic acids is 1. The normalized spacial score (nSPS) is 13.7. The maximum atomic E-state index is 14.1. The molecule has 1 fully saturated rings. The van der Waals surface area contributed by atoms with Crippen LogP contribution in [0.3, 0.4) is 0 Å². The van der Waals surface area contributed by atoms with Crippen molar-refractivity contribution in [2.75, 3.05) is 18.0 Å². The first kappa shape index (κ1) is 29.1. The second-order valence-electron chi connectivity index (χ2n) is 9.80. The van der Waals surface area contributed by atoms with Crippen LogP contribution in [0.5, 0.6) is 0 Å². The molecular formula is C31H25Cl3N2O4S. The fourth-order valence-electron chi connectivity index (χ4n) is 5.01. The fraction of sp³-hybridized carbons (Fsp3) is 0.194. The van der Waals surface area contributed by atoms with Gasteiger partial charge in [-0.25, -0.2) is 4.79 Å². The lowest BCUT2D eigenvalue weighted by Gasteiger charge is -2.38. The SMILES string of the molecule is Cc1ccc(C(=O)N2CCC(N(C(=O)c3ccc(Cl)cc3Cl)c3cc(-c4ccccc4)sc3C(=O)O)CC2)c(Cl)c1. The number of piperidine rings is 1. The van der Waals surface area contributed by atoms with Gasteiger partial charge in [0.15, 0.2) is 0 Å². The summed E-state index contributed by atoms with van der Waals surface area (Å²) >= 11 is 20.0. The molecule has 1 aromatic heterocycles. The number of anilines is 1. The molecule has 0 bridgehead atoms. The van der Waals surface area contributed by atoms with Crippen molar-refractivity contribution in [3.63, 3.8) is 0 Å². The molecule has 10 heteroatoms. The quantitative estimate of drug-likeness (QED) is 0.233. The molecule has 0 aliphatic carbocycles. The third kappa shape index (κ3) is 6.14. The van der Waals surface area contributed by atoms with Crippen molar-refractivity contribution in [2.45, 2.75) is 25.8 Å². The van der Waals surface area contributed by atoms with Gasteiger partial charge in [-0.1, -0.05) is 71.2 Å². The molecule has 0 atom stereocenters. The average Bonchev–Trinajstić information content (AvgIpc) is 3.39. The second-order valence-corrected chi connectivity index (χ2v) is 12.1. The van der Waals surface area contributed by atoms with Crippen molar-refractivity contribution in [3.8, 4) is 10.4 Å². The fourth-order valence-corrected chi connectivity index (χ4v) is 6.81. The van der Waals surface area contributed by atoms with E-state index in [1.807, 2.05) is 43.3 Å². The number of carbonyl (C=O) groups excluding carboxylic acids is 2. The lowest BCUT2D eigenvalue weighted by atomic mass is 9.99. The molecule has 1 aliphatic heterocycles. The van der Waals surface area contributed by atoms with Gasteiger partial charge in [0.2, 0.25) is 0 Å². The standard InChI is InChI=1S/C31H25Cl3N2O4S/c1-18-7-9-22(24(33)15-18)29(37)35-13-11-21(12-14-35)36(30(38)23-10-8-20(32)16-25(23)34)26-17-27(41-28(26)31(39)40)19-5-3-2-4-6-19/h2-10,15-17,21H,11-14H2,1H3,(H,39,40). The smallest absolute Gasteiger partial charge is 0.348 e. The van der Waals surface area contributed by atoms with E-state index in [4.69, 9.17) is 34.8 Å². The third-order valence-electron chi connectivity index (χ3n) is 7.08. The summed E-state index contributed by atoms with van der Waals surface area (Å²) in [6.45, 7) is 2.64. The highest BCUT2D eigenvalue weighted by molar-refractivity contribution is 7.18. The molecule has 0 spiro atoms. The molecule has 4 aromatic rings. The van der Waals surface area contributed by atoms with E-state index in [0.29, 0.717) is 47.2 Å². The van der Waals surface area contributed by atoms with Crippen LogP contribution in [0, 0.1) is 6.92 Å².